The molecule has 7 nitrogen and oxygen atoms in total. The number of rotatable bonds is 7. The quantitative estimate of drug-likeness (QED) is 0.349. The Morgan fingerprint density at radius 2 is 2.04 bits per heavy atom. The summed E-state index contributed by atoms with van der Waals surface area (Å²) in [5.74, 6) is 2.65. The molecular weight excluding hydrogens is 455 g/mol. The van der Waals surface area contributed by atoms with Crippen molar-refractivity contribution in [2.45, 2.75) is 71.4 Å². The van der Waals surface area contributed by atoms with Gasteiger partial charge in [-0.1, -0.05) is 19.8 Å². The lowest BCUT2D eigenvalue weighted by Gasteiger charge is -2.29. The minimum Gasteiger partial charge on any atom is -0.376 e. The predicted molar refractivity (Wildman–Crippen MR) is 118 cm³/mol. The van der Waals surface area contributed by atoms with Crippen LogP contribution in [0.4, 0.5) is 0 Å². The van der Waals surface area contributed by atoms with Crippen molar-refractivity contribution in [1.82, 2.24) is 25.4 Å². The molecule has 3 rings (SSSR count). The Morgan fingerprint density at radius 1 is 1.26 bits per heavy atom. The topological polar surface area (TPSA) is 76.4 Å². The predicted octanol–water partition coefficient (Wildman–Crippen LogP) is 2.93. The summed E-state index contributed by atoms with van der Waals surface area (Å²) < 4.78 is 7.73. The van der Waals surface area contributed by atoms with Gasteiger partial charge in [0.2, 0.25) is 0 Å². The Bertz CT molecular complexity index is 605. The van der Waals surface area contributed by atoms with Gasteiger partial charge in [-0.05, 0) is 44.4 Å². The van der Waals surface area contributed by atoms with E-state index < -0.39 is 0 Å². The fraction of sp³-hybridized carbons (Fsp3) is 0.842. The third-order valence-electron chi connectivity index (χ3n) is 6.13. The van der Waals surface area contributed by atoms with E-state index in [1.165, 1.54) is 32.1 Å². The lowest BCUT2D eigenvalue weighted by atomic mass is 9.83. The van der Waals surface area contributed by atoms with Crippen LogP contribution in [-0.2, 0) is 18.3 Å². The third kappa shape index (κ3) is 6.04. The van der Waals surface area contributed by atoms with E-state index in [1.54, 1.807) is 0 Å². The summed E-state index contributed by atoms with van der Waals surface area (Å²) in [6, 6.07) is 0. The molecule has 2 fully saturated rings. The van der Waals surface area contributed by atoms with Crippen molar-refractivity contribution in [2.24, 2.45) is 17.5 Å². The molecule has 2 aliphatic rings. The number of guanidine groups is 1. The van der Waals surface area contributed by atoms with Crippen LogP contribution in [0.2, 0.25) is 0 Å². The highest BCUT2D eigenvalue weighted by molar-refractivity contribution is 14.0. The molecule has 1 saturated heterocycles. The van der Waals surface area contributed by atoms with E-state index in [1.807, 2.05) is 18.5 Å². The second-order valence-electron chi connectivity index (χ2n) is 7.82. The molecule has 0 amide bonds. The lowest BCUT2D eigenvalue weighted by molar-refractivity contribution is 0.113. The molecular formula is C19H35IN6O. The molecule has 1 atom stereocenters. The monoisotopic (exact) mass is 490 g/mol. The first-order valence-electron chi connectivity index (χ1n) is 10.1. The highest BCUT2D eigenvalue weighted by atomic mass is 127. The summed E-state index contributed by atoms with van der Waals surface area (Å²) in [5.41, 5.74) is 0.424. The van der Waals surface area contributed by atoms with Crippen molar-refractivity contribution in [1.29, 1.82) is 0 Å². The Kier molecular flexibility index (Phi) is 8.78. The Morgan fingerprint density at radius 3 is 2.63 bits per heavy atom. The normalized spacial score (nSPS) is 21.9. The van der Waals surface area contributed by atoms with E-state index in [0.29, 0.717) is 18.1 Å². The average Bonchev–Trinajstić information content (AvgIpc) is 3.39. The molecule has 0 bridgehead atoms. The molecule has 2 heterocycles. The summed E-state index contributed by atoms with van der Waals surface area (Å²) in [6.45, 7) is 7.47. The minimum atomic E-state index is 0. The van der Waals surface area contributed by atoms with Crippen LogP contribution in [-0.4, -0.2) is 46.5 Å². The fourth-order valence-electron chi connectivity index (χ4n) is 3.98. The summed E-state index contributed by atoms with van der Waals surface area (Å²) in [7, 11) is 1.98. The average molecular weight is 490 g/mol. The molecule has 1 aliphatic carbocycles. The molecule has 1 unspecified atom stereocenters. The van der Waals surface area contributed by atoms with Gasteiger partial charge in [0.05, 0.1) is 6.10 Å². The maximum absolute atomic E-state index is 5.74. The van der Waals surface area contributed by atoms with Crippen LogP contribution in [0.25, 0.3) is 0 Å². The van der Waals surface area contributed by atoms with E-state index in [-0.39, 0.29) is 24.0 Å². The van der Waals surface area contributed by atoms with E-state index >= 15 is 0 Å². The van der Waals surface area contributed by atoms with Gasteiger partial charge in [-0.3, -0.25) is 0 Å². The molecule has 1 saturated carbocycles. The molecule has 1 aromatic rings. The first kappa shape index (κ1) is 22.4. The highest BCUT2D eigenvalue weighted by Gasteiger charge is 2.32. The number of nitrogens with one attached hydrogen (secondary N) is 2. The van der Waals surface area contributed by atoms with Gasteiger partial charge in [0.25, 0.3) is 0 Å². The van der Waals surface area contributed by atoms with Crippen molar-refractivity contribution < 1.29 is 4.74 Å². The number of aromatic nitrogens is 3. The number of ether oxygens (including phenoxy) is 1. The summed E-state index contributed by atoms with van der Waals surface area (Å²) >= 11 is 0. The minimum absolute atomic E-state index is 0. The maximum atomic E-state index is 5.74. The van der Waals surface area contributed by atoms with Crippen molar-refractivity contribution in [3.8, 4) is 0 Å². The molecule has 0 radical (unpaired) electrons. The Balaban J connectivity index is 0.00000261. The van der Waals surface area contributed by atoms with Crippen LogP contribution < -0.4 is 10.6 Å². The molecule has 2 N–H and O–H groups in total. The largest absolute Gasteiger partial charge is 0.376 e. The lowest BCUT2D eigenvalue weighted by Crippen LogP contribution is -2.45. The molecule has 8 heteroatoms. The first-order chi connectivity index (χ1) is 12.6. The number of aliphatic imine (C=N–C) groups is 1. The van der Waals surface area contributed by atoms with E-state index in [4.69, 9.17) is 9.73 Å². The summed E-state index contributed by atoms with van der Waals surface area (Å²) in [6.07, 6.45) is 9.14. The summed E-state index contributed by atoms with van der Waals surface area (Å²) in [5, 5.41) is 15.4. The second-order valence-corrected chi connectivity index (χ2v) is 7.82. The molecule has 0 aromatic carbocycles. The number of hydrogen-bond donors (Lipinski definition) is 2. The zero-order valence-corrected chi connectivity index (χ0v) is 19.3. The molecule has 0 spiro atoms. The van der Waals surface area contributed by atoms with Gasteiger partial charge >= 0.3 is 0 Å². The van der Waals surface area contributed by atoms with Gasteiger partial charge < -0.3 is 19.9 Å². The van der Waals surface area contributed by atoms with Crippen LogP contribution in [0.5, 0.6) is 0 Å². The molecule has 1 aromatic heterocycles. The van der Waals surface area contributed by atoms with Crippen LogP contribution in [0, 0.1) is 12.3 Å². The van der Waals surface area contributed by atoms with Gasteiger partial charge in [-0.2, -0.15) is 0 Å². The zero-order valence-electron chi connectivity index (χ0n) is 17.0. The molecule has 154 valence electrons. The van der Waals surface area contributed by atoms with Crippen molar-refractivity contribution >= 4 is 29.9 Å². The van der Waals surface area contributed by atoms with Crippen molar-refractivity contribution in [3.63, 3.8) is 0 Å². The number of halogens is 1. The molecule has 27 heavy (non-hydrogen) atoms. The summed E-state index contributed by atoms with van der Waals surface area (Å²) in [4.78, 5) is 4.77. The van der Waals surface area contributed by atoms with Crippen LogP contribution >= 0.6 is 24.0 Å². The number of nitrogens with zero attached hydrogens (tertiary/aromatic N) is 4. The number of hydrogen-bond acceptors (Lipinski definition) is 4. The smallest absolute Gasteiger partial charge is 0.191 e. The van der Waals surface area contributed by atoms with E-state index in [0.717, 1.165) is 50.1 Å². The van der Waals surface area contributed by atoms with Crippen molar-refractivity contribution in [2.75, 3.05) is 19.7 Å². The van der Waals surface area contributed by atoms with Crippen LogP contribution in [0.15, 0.2) is 4.99 Å². The van der Waals surface area contributed by atoms with Gasteiger partial charge in [-0.15, -0.1) is 34.2 Å². The van der Waals surface area contributed by atoms with E-state index in [9.17, 15) is 0 Å². The van der Waals surface area contributed by atoms with Gasteiger partial charge in [-0.25, -0.2) is 4.99 Å². The zero-order chi connectivity index (χ0) is 18.4. The SMILES string of the molecule is CCC1(CNC(=NCc2nnc(C)n2C)NCC2CCCO2)CCCC1.I. The van der Waals surface area contributed by atoms with Gasteiger partial charge in [0, 0.05) is 26.7 Å². The van der Waals surface area contributed by atoms with Gasteiger partial charge in [0.15, 0.2) is 11.8 Å². The van der Waals surface area contributed by atoms with Crippen LogP contribution in [0.3, 0.4) is 0 Å². The Labute approximate surface area is 180 Å². The van der Waals surface area contributed by atoms with E-state index in [2.05, 4.69) is 27.8 Å². The third-order valence-corrected chi connectivity index (χ3v) is 6.13. The standard InChI is InChI=1S/C19H34N6O.HI/c1-4-19(9-5-6-10-19)14-22-18(20-12-16-8-7-11-26-16)21-13-17-24-23-15(2)25(17)3;/h16H,4-14H2,1-3H3,(H2,20,21,22);1H. The van der Waals surface area contributed by atoms with Crippen LogP contribution in [0.1, 0.15) is 63.5 Å². The maximum Gasteiger partial charge on any atom is 0.191 e. The highest BCUT2D eigenvalue weighted by Crippen LogP contribution is 2.40. The number of aryl methyl sites for hydroxylation is 1. The fourth-order valence-corrected chi connectivity index (χ4v) is 3.98. The second kappa shape index (κ2) is 10.6. The molecule has 1 aliphatic heterocycles. The van der Waals surface area contributed by atoms with Gasteiger partial charge in [0.1, 0.15) is 12.4 Å². The van der Waals surface area contributed by atoms with Crippen molar-refractivity contribution in [3.05, 3.63) is 11.6 Å². The Hall–Kier alpha value is -0.900. The first-order valence-corrected chi connectivity index (χ1v) is 10.1.